The lowest BCUT2D eigenvalue weighted by Gasteiger charge is -2.07. The summed E-state index contributed by atoms with van der Waals surface area (Å²) < 4.78 is 11.3. The van der Waals surface area contributed by atoms with Gasteiger partial charge < -0.3 is 9.15 Å². The molecule has 0 bridgehead atoms. The van der Waals surface area contributed by atoms with Gasteiger partial charge in [-0.25, -0.2) is 9.78 Å². The third-order valence-corrected chi connectivity index (χ3v) is 4.23. The second kappa shape index (κ2) is 6.97. The number of ether oxygens (including phenoxy) is 1. The number of fused-ring (bicyclic) bond motifs is 1. The molecule has 3 aromatic rings. The average Bonchev–Trinajstić information content (AvgIpc) is 2.53. The lowest BCUT2D eigenvalue weighted by atomic mass is 10.2. The van der Waals surface area contributed by atoms with Crippen LogP contribution in [0.25, 0.3) is 23.1 Å². The summed E-state index contributed by atoms with van der Waals surface area (Å²) in [4.78, 5) is 16.3. The van der Waals surface area contributed by atoms with Gasteiger partial charge in [0.15, 0.2) is 0 Å². The molecule has 0 atom stereocenters. The van der Waals surface area contributed by atoms with Gasteiger partial charge in [-0.15, -0.1) is 0 Å². The van der Waals surface area contributed by atoms with E-state index in [1.807, 2.05) is 6.07 Å². The number of rotatable bonds is 3. The van der Waals surface area contributed by atoms with Crippen molar-refractivity contribution >= 4 is 62.2 Å². The summed E-state index contributed by atoms with van der Waals surface area (Å²) in [6.45, 7) is 0. The first-order valence-electron chi connectivity index (χ1n) is 6.79. The number of hydrogen-bond acceptors (Lipinski definition) is 4. The average molecular weight is 427 g/mol. The van der Waals surface area contributed by atoms with Gasteiger partial charge in [-0.2, -0.15) is 0 Å². The van der Waals surface area contributed by atoms with Gasteiger partial charge >= 0.3 is 5.63 Å². The zero-order valence-corrected chi connectivity index (χ0v) is 15.4. The highest BCUT2D eigenvalue weighted by atomic mass is 79.9. The van der Waals surface area contributed by atoms with Gasteiger partial charge in [0.2, 0.25) is 5.89 Å². The minimum Gasteiger partial charge on any atom is -0.495 e. The first-order chi connectivity index (χ1) is 11.5. The summed E-state index contributed by atoms with van der Waals surface area (Å²) in [5.41, 5.74) is 0.730. The molecule has 1 heterocycles. The third-order valence-electron chi connectivity index (χ3n) is 3.25. The smallest absolute Gasteiger partial charge is 0.347 e. The van der Waals surface area contributed by atoms with Crippen molar-refractivity contribution in [1.29, 1.82) is 0 Å². The molecule has 3 rings (SSSR count). The lowest BCUT2D eigenvalue weighted by molar-refractivity contribution is 0.414. The minimum atomic E-state index is -0.499. The molecule has 0 aliphatic carbocycles. The van der Waals surface area contributed by atoms with E-state index in [-0.39, 0.29) is 5.89 Å². The molecule has 1 aromatic heterocycles. The Morgan fingerprint density at radius 3 is 2.75 bits per heavy atom. The Kier molecular flexibility index (Phi) is 4.94. The number of nitrogens with zero attached hydrogens (tertiary/aromatic N) is 1. The Morgan fingerprint density at radius 1 is 1.21 bits per heavy atom. The zero-order chi connectivity index (χ0) is 17.3. The van der Waals surface area contributed by atoms with Gasteiger partial charge in [0, 0.05) is 21.1 Å². The maximum atomic E-state index is 12.0. The molecule has 122 valence electrons. The second-order valence-corrected chi connectivity index (χ2v) is 6.60. The number of methoxy groups -OCH3 is 1. The van der Waals surface area contributed by atoms with E-state index in [1.54, 1.807) is 30.4 Å². The van der Waals surface area contributed by atoms with E-state index in [4.69, 9.17) is 32.4 Å². The van der Waals surface area contributed by atoms with Gasteiger partial charge in [-0.1, -0.05) is 39.1 Å². The summed E-state index contributed by atoms with van der Waals surface area (Å²) in [6.07, 6.45) is 3.29. The van der Waals surface area contributed by atoms with Crippen LogP contribution in [0.1, 0.15) is 11.5 Å². The van der Waals surface area contributed by atoms with Crippen LogP contribution in [0.15, 0.2) is 44.0 Å². The fourth-order valence-electron chi connectivity index (χ4n) is 2.21. The summed E-state index contributed by atoms with van der Waals surface area (Å²) in [7, 11) is 1.53. The normalized spacial score (nSPS) is 11.3. The van der Waals surface area contributed by atoms with Crippen LogP contribution in [-0.2, 0) is 0 Å². The Labute approximate surface area is 155 Å². The fourth-order valence-corrected chi connectivity index (χ4v) is 3.30. The molecule has 0 fully saturated rings. The SMILES string of the molecule is COc1c(Cl)cc(Br)cc1C=Cc1nc2ccc(Cl)cc2c(=O)o1. The maximum Gasteiger partial charge on any atom is 0.347 e. The van der Waals surface area contributed by atoms with E-state index in [2.05, 4.69) is 20.9 Å². The molecule has 7 heteroatoms. The third kappa shape index (κ3) is 3.48. The molecule has 4 nitrogen and oxygen atoms in total. The first kappa shape index (κ1) is 17.0. The predicted molar refractivity (Wildman–Crippen MR) is 99.9 cm³/mol. The summed E-state index contributed by atoms with van der Waals surface area (Å²) in [6, 6.07) is 8.43. The van der Waals surface area contributed by atoms with E-state index in [0.717, 1.165) is 10.0 Å². The van der Waals surface area contributed by atoms with Crippen molar-refractivity contribution in [3.05, 3.63) is 66.7 Å². The molecular weight excluding hydrogens is 417 g/mol. The van der Waals surface area contributed by atoms with Crippen LogP contribution in [-0.4, -0.2) is 12.1 Å². The highest BCUT2D eigenvalue weighted by Gasteiger charge is 2.09. The topological polar surface area (TPSA) is 52.3 Å². The largest absolute Gasteiger partial charge is 0.495 e. The predicted octanol–water partition coefficient (Wildman–Crippen LogP) is 5.44. The molecule has 0 spiro atoms. The van der Waals surface area contributed by atoms with Gasteiger partial charge in [-0.3, -0.25) is 0 Å². The van der Waals surface area contributed by atoms with Crippen LogP contribution in [0, 0.1) is 0 Å². The molecule has 2 aromatic carbocycles. The molecule has 0 N–H and O–H groups in total. The lowest BCUT2D eigenvalue weighted by Crippen LogP contribution is -2.02. The van der Waals surface area contributed by atoms with E-state index in [1.165, 1.54) is 13.2 Å². The Morgan fingerprint density at radius 2 is 2.00 bits per heavy atom. The summed E-state index contributed by atoms with van der Waals surface area (Å²) in [5.74, 6) is 0.694. The number of benzene rings is 2. The van der Waals surface area contributed by atoms with Crippen molar-refractivity contribution in [3.63, 3.8) is 0 Å². The zero-order valence-electron chi connectivity index (χ0n) is 12.3. The highest BCUT2D eigenvalue weighted by molar-refractivity contribution is 9.10. The molecule has 0 unspecified atom stereocenters. The van der Waals surface area contributed by atoms with Crippen molar-refractivity contribution in [3.8, 4) is 5.75 Å². The number of halogens is 3. The molecule has 0 saturated carbocycles. The highest BCUT2D eigenvalue weighted by Crippen LogP contribution is 2.33. The molecule has 24 heavy (non-hydrogen) atoms. The van der Waals surface area contributed by atoms with Crippen molar-refractivity contribution in [2.45, 2.75) is 0 Å². The van der Waals surface area contributed by atoms with E-state index >= 15 is 0 Å². The van der Waals surface area contributed by atoms with E-state index < -0.39 is 5.63 Å². The number of aromatic nitrogens is 1. The van der Waals surface area contributed by atoms with Crippen LogP contribution >= 0.6 is 39.1 Å². The Balaban J connectivity index is 2.06. The quantitative estimate of drug-likeness (QED) is 0.559. The summed E-state index contributed by atoms with van der Waals surface area (Å²) in [5, 5.41) is 1.25. The monoisotopic (exact) mass is 425 g/mol. The van der Waals surface area contributed by atoms with Gasteiger partial charge in [0.1, 0.15) is 5.75 Å². The van der Waals surface area contributed by atoms with Crippen molar-refractivity contribution in [2.24, 2.45) is 0 Å². The Bertz CT molecular complexity index is 1010. The summed E-state index contributed by atoms with van der Waals surface area (Å²) >= 11 is 15.4. The van der Waals surface area contributed by atoms with Crippen molar-refractivity contribution in [2.75, 3.05) is 7.11 Å². The second-order valence-electron chi connectivity index (χ2n) is 4.84. The molecule has 0 amide bonds. The Hall–Kier alpha value is -1.82. The van der Waals surface area contributed by atoms with Gasteiger partial charge in [-0.05, 0) is 36.4 Å². The molecule has 0 saturated heterocycles. The van der Waals surface area contributed by atoms with E-state index in [0.29, 0.717) is 26.7 Å². The first-order valence-corrected chi connectivity index (χ1v) is 8.34. The molecule has 0 aliphatic rings. The maximum absolute atomic E-state index is 12.0. The van der Waals surface area contributed by atoms with Gasteiger partial charge in [0.25, 0.3) is 0 Å². The van der Waals surface area contributed by atoms with E-state index in [9.17, 15) is 4.79 Å². The molecule has 0 aliphatic heterocycles. The molecular formula is C17H10BrCl2NO3. The fraction of sp³-hybridized carbons (Fsp3) is 0.0588. The minimum absolute atomic E-state index is 0.174. The van der Waals surface area contributed by atoms with Crippen molar-refractivity contribution < 1.29 is 9.15 Å². The van der Waals surface area contributed by atoms with Gasteiger partial charge in [0.05, 0.1) is 23.0 Å². The van der Waals surface area contributed by atoms with Crippen LogP contribution in [0.4, 0.5) is 0 Å². The standard InChI is InChI=1S/C17H10BrCl2NO3/c1-23-16-9(6-10(18)7-13(16)20)2-5-15-21-14-4-3-11(19)8-12(14)17(22)24-15/h2-8H,1H3. The number of hydrogen-bond donors (Lipinski definition) is 0. The van der Waals surface area contributed by atoms with Crippen molar-refractivity contribution in [1.82, 2.24) is 4.98 Å². The van der Waals surface area contributed by atoms with Crippen LogP contribution < -0.4 is 10.4 Å². The van der Waals surface area contributed by atoms with Crippen LogP contribution in [0.3, 0.4) is 0 Å². The van der Waals surface area contributed by atoms with Crippen LogP contribution in [0.2, 0.25) is 10.0 Å². The molecule has 0 radical (unpaired) electrons. The van der Waals surface area contributed by atoms with Crippen LogP contribution in [0.5, 0.6) is 5.75 Å².